The fourth-order valence-corrected chi connectivity index (χ4v) is 3.04. The first kappa shape index (κ1) is 19.2. The van der Waals surface area contributed by atoms with E-state index in [1.54, 1.807) is 6.07 Å². The first-order valence-corrected chi connectivity index (χ1v) is 9.09. The molecule has 3 N–H and O–H groups in total. The summed E-state index contributed by atoms with van der Waals surface area (Å²) in [4.78, 5) is 6.27. The molecule has 0 atom stereocenters. The van der Waals surface area contributed by atoms with Crippen LogP contribution in [0.4, 0.5) is 15.8 Å². The van der Waals surface area contributed by atoms with Crippen molar-refractivity contribution in [1.82, 2.24) is 0 Å². The Bertz CT molecular complexity index is 761. The second-order valence-electron chi connectivity index (χ2n) is 5.69. The monoisotopic (exact) mass is 406 g/mol. The molecule has 0 aliphatic carbocycles. The first-order valence-electron chi connectivity index (χ1n) is 8.30. The summed E-state index contributed by atoms with van der Waals surface area (Å²) in [7, 11) is 1.90. The Morgan fingerprint density at radius 1 is 1.16 bits per heavy atom. The Kier molecular flexibility index (Phi) is 6.82. The molecular formula is C19H24BrFN4. The number of rotatable bonds is 6. The van der Waals surface area contributed by atoms with Crippen LogP contribution >= 0.6 is 15.9 Å². The molecule has 0 aromatic heterocycles. The summed E-state index contributed by atoms with van der Waals surface area (Å²) in [5.74, 6) is 0.192. The van der Waals surface area contributed by atoms with Crippen molar-refractivity contribution in [3.05, 3.63) is 57.8 Å². The molecule has 2 rings (SSSR count). The zero-order valence-corrected chi connectivity index (χ0v) is 16.4. The average Bonchev–Trinajstić information content (AvgIpc) is 2.61. The minimum Gasteiger partial charge on any atom is -0.369 e. The van der Waals surface area contributed by atoms with Gasteiger partial charge in [-0.05, 0) is 60.4 Å². The van der Waals surface area contributed by atoms with Crippen LogP contribution in [-0.2, 0) is 12.8 Å². The zero-order chi connectivity index (χ0) is 18.4. The molecule has 2 aromatic carbocycles. The smallest absolute Gasteiger partial charge is 0.197 e. The van der Waals surface area contributed by atoms with E-state index >= 15 is 0 Å². The van der Waals surface area contributed by atoms with Crippen LogP contribution in [0.15, 0.2) is 45.9 Å². The molecule has 0 unspecified atom stereocenters. The number of nitrogens with two attached hydrogens (primary N) is 1. The largest absolute Gasteiger partial charge is 0.369 e. The Hall–Kier alpha value is -2.08. The molecule has 25 heavy (non-hydrogen) atoms. The van der Waals surface area contributed by atoms with Gasteiger partial charge in [-0.2, -0.15) is 0 Å². The minimum atomic E-state index is -0.229. The second-order valence-corrected chi connectivity index (χ2v) is 6.61. The van der Waals surface area contributed by atoms with Crippen molar-refractivity contribution in [1.29, 1.82) is 0 Å². The molecule has 0 saturated heterocycles. The number of halogens is 2. The van der Waals surface area contributed by atoms with E-state index in [2.05, 4.69) is 39.2 Å². The third-order valence-corrected chi connectivity index (χ3v) is 4.58. The summed E-state index contributed by atoms with van der Waals surface area (Å²) in [6.07, 6.45) is 1.65. The van der Waals surface area contributed by atoms with E-state index in [0.29, 0.717) is 12.6 Å². The Morgan fingerprint density at radius 2 is 1.88 bits per heavy atom. The molecule has 2 aromatic rings. The van der Waals surface area contributed by atoms with Gasteiger partial charge in [0.1, 0.15) is 12.5 Å². The van der Waals surface area contributed by atoms with Gasteiger partial charge in [0.2, 0.25) is 0 Å². The molecule has 0 radical (unpaired) electrons. The Morgan fingerprint density at radius 3 is 2.56 bits per heavy atom. The van der Waals surface area contributed by atoms with Gasteiger partial charge in [0.05, 0.1) is 0 Å². The first-order chi connectivity index (χ1) is 12.0. The van der Waals surface area contributed by atoms with Crippen LogP contribution in [0.1, 0.15) is 25.0 Å². The lowest BCUT2D eigenvalue weighted by molar-refractivity contribution is 0.626. The number of guanidine groups is 1. The normalized spacial score (nSPS) is 11.5. The van der Waals surface area contributed by atoms with Crippen LogP contribution in [0.25, 0.3) is 0 Å². The minimum absolute atomic E-state index is 0.229. The van der Waals surface area contributed by atoms with Gasteiger partial charge in [-0.3, -0.25) is 0 Å². The lowest BCUT2D eigenvalue weighted by atomic mass is 10.1. The van der Waals surface area contributed by atoms with Crippen molar-refractivity contribution in [3.8, 4) is 0 Å². The maximum absolute atomic E-state index is 13.3. The molecule has 134 valence electrons. The number of anilines is 2. The molecule has 0 aliphatic heterocycles. The summed E-state index contributed by atoms with van der Waals surface area (Å²) in [6.45, 7) is 4.42. The van der Waals surface area contributed by atoms with Crippen LogP contribution in [0.3, 0.4) is 0 Å². The highest BCUT2D eigenvalue weighted by molar-refractivity contribution is 9.10. The van der Waals surface area contributed by atoms with Gasteiger partial charge in [0, 0.05) is 22.9 Å². The van der Waals surface area contributed by atoms with Gasteiger partial charge in [-0.15, -0.1) is 0 Å². The van der Waals surface area contributed by atoms with Gasteiger partial charge in [0.15, 0.2) is 5.96 Å². The van der Waals surface area contributed by atoms with Gasteiger partial charge < -0.3 is 16.0 Å². The molecule has 0 heterocycles. The maximum atomic E-state index is 13.3. The maximum Gasteiger partial charge on any atom is 0.197 e. The van der Waals surface area contributed by atoms with Gasteiger partial charge in [-0.25, -0.2) is 9.38 Å². The predicted molar refractivity (Wildman–Crippen MR) is 108 cm³/mol. The number of hydrogen-bond acceptors (Lipinski definition) is 2. The lowest BCUT2D eigenvalue weighted by Crippen LogP contribution is -2.35. The van der Waals surface area contributed by atoms with Crippen molar-refractivity contribution in [3.63, 3.8) is 0 Å². The van der Waals surface area contributed by atoms with Gasteiger partial charge in [0.25, 0.3) is 0 Å². The van der Waals surface area contributed by atoms with Crippen LogP contribution in [0.2, 0.25) is 0 Å². The molecule has 4 nitrogen and oxygen atoms in total. The zero-order valence-electron chi connectivity index (χ0n) is 14.8. The van der Waals surface area contributed by atoms with Crippen LogP contribution in [0.5, 0.6) is 0 Å². The fourth-order valence-electron chi connectivity index (χ4n) is 2.63. The van der Waals surface area contributed by atoms with E-state index in [9.17, 15) is 4.39 Å². The van der Waals surface area contributed by atoms with Crippen molar-refractivity contribution in [2.75, 3.05) is 23.9 Å². The Labute approximate surface area is 157 Å². The standard InChI is InChI=1S/C19H24BrFN4/c1-4-13-11-16(21)7-8-17(13)23-12-24-19(22)25(3)18-9-6-15(20)10-14(18)5-2/h6-11,23H,4-5,12H2,1-3H3,(H2,22,24). The highest BCUT2D eigenvalue weighted by Crippen LogP contribution is 2.24. The van der Waals surface area contributed by atoms with Crippen molar-refractivity contribution >= 4 is 33.3 Å². The SMILES string of the molecule is CCc1cc(F)ccc1NCN=C(N)N(C)c1ccc(Br)cc1CC. The summed E-state index contributed by atoms with van der Waals surface area (Å²) >= 11 is 3.49. The van der Waals surface area contributed by atoms with Gasteiger partial charge in [-0.1, -0.05) is 29.8 Å². The van der Waals surface area contributed by atoms with Gasteiger partial charge >= 0.3 is 0 Å². The van der Waals surface area contributed by atoms with Crippen molar-refractivity contribution in [2.45, 2.75) is 26.7 Å². The molecule has 0 amide bonds. The third-order valence-electron chi connectivity index (χ3n) is 4.09. The predicted octanol–water partition coefficient (Wildman–Crippen LogP) is 4.53. The topological polar surface area (TPSA) is 53.6 Å². The molecule has 0 saturated carbocycles. The van der Waals surface area contributed by atoms with Crippen molar-refractivity contribution < 1.29 is 4.39 Å². The highest BCUT2D eigenvalue weighted by atomic mass is 79.9. The molecule has 6 heteroatoms. The lowest BCUT2D eigenvalue weighted by Gasteiger charge is -2.21. The number of hydrogen-bond donors (Lipinski definition) is 2. The molecule has 0 bridgehead atoms. The molecule has 0 spiro atoms. The molecule has 0 aliphatic rings. The number of aliphatic imine (C=N–C) groups is 1. The van der Waals surface area contributed by atoms with E-state index in [0.717, 1.165) is 34.3 Å². The van der Waals surface area contributed by atoms with E-state index in [-0.39, 0.29) is 5.82 Å². The number of aryl methyl sites for hydroxylation is 2. The van der Waals surface area contributed by atoms with E-state index < -0.39 is 0 Å². The third kappa shape index (κ3) is 4.95. The second kappa shape index (κ2) is 8.85. The average molecular weight is 407 g/mol. The van der Waals surface area contributed by atoms with E-state index in [1.165, 1.54) is 17.7 Å². The highest BCUT2D eigenvalue weighted by Gasteiger charge is 2.10. The van der Waals surface area contributed by atoms with E-state index in [4.69, 9.17) is 5.73 Å². The molecular weight excluding hydrogens is 383 g/mol. The summed E-state index contributed by atoms with van der Waals surface area (Å²) < 4.78 is 14.3. The van der Waals surface area contributed by atoms with E-state index in [1.807, 2.05) is 31.0 Å². The quantitative estimate of drug-likeness (QED) is 0.546. The van der Waals surface area contributed by atoms with Crippen molar-refractivity contribution in [2.24, 2.45) is 10.7 Å². The van der Waals surface area contributed by atoms with Crippen LogP contribution in [0, 0.1) is 5.82 Å². The fraction of sp³-hybridized carbons (Fsp3) is 0.316. The number of nitrogens with zero attached hydrogens (tertiary/aromatic N) is 2. The Balaban J connectivity index is 2.09. The van der Waals surface area contributed by atoms with Crippen LogP contribution in [-0.4, -0.2) is 19.7 Å². The number of nitrogens with one attached hydrogen (secondary N) is 1. The number of benzene rings is 2. The molecule has 0 fully saturated rings. The summed E-state index contributed by atoms with van der Waals surface area (Å²) in [6, 6.07) is 10.8. The summed E-state index contributed by atoms with van der Waals surface area (Å²) in [5, 5.41) is 3.20. The summed E-state index contributed by atoms with van der Waals surface area (Å²) in [5.41, 5.74) is 10.1. The van der Waals surface area contributed by atoms with Crippen LogP contribution < -0.4 is 16.0 Å².